The zero-order valence-corrected chi connectivity index (χ0v) is 14.3. The van der Waals surface area contributed by atoms with Gasteiger partial charge < -0.3 is 9.84 Å². The van der Waals surface area contributed by atoms with Gasteiger partial charge in [0, 0.05) is 0 Å². The first-order valence-electron chi connectivity index (χ1n) is 7.03. The normalized spacial score (nSPS) is 12.9. The Morgan fingerprint density at radius 2 is 1.91 bits per heavy atom. The number of carboxylic acids is 1. The molecule has 0 amide bonds. The van der Waals surface area contributed by atoms with Gasteiger partial charge in [0.15, 0.2) is 0 Å². The Balaban J connectivity index is 3.23. The van der Waals surface area contributed by atoms with Crippen molar-refractivity contribution >= 4 is 22.0 Å². The van der Waals surface area contributed by atoms with Crippen LogP contribution >= 0.6 is 0 Å². The third-order valence-electron chi connectivity index (χ3n) is 3.28. The number of sulfonamides is 1. The number of carbonyl (C=O) groups is 2. The predicted octanol–water partition coefficient (Wildman–Crippen LogP) is 1.56. The Labute approximate surface area is 135 Å². The number of hydrogen-bond acceptors (Lipinski definition) is 5. The standard InChI is InChI=1S/C15H21NO6S/c1-9(2)8-12(14(17)18)16-23(20,21)13-7-5-6-11(10(13)3)15(19)22-4/h5-7,9,12,16H,8H2,1-4H3,(H,17,18)/t12-/m0/s1. The lowest BCUT2D eigenvalue weighted by Crippen LogP contribution is -2.41. The topological polar surface area (TPSA) is 110 Å². The van der Waals surface area contributed by atoms with E-state index in [9.17, 15) is 23.1 Å². The van der Waals surface area contributed by atoms with Crippen molar-refractivity contribution < 1.29 is 27.9 Å². The molecular weight excluding hydrogens is 322 g/mol. The number of benzene rings is 1. The van der Waals surface area contributed by atoms with Crippen LogP contribution in [0.15, 0.2) is 23.1 Å². The quantitative estimate of drug-likeness (QED) is 0.727. The molecule has 1 rings (SSSR count). The van der Waals surface area contributed by atoms with Crippen LogP contribution in [0.25, 0.3) is 0 Å². The number of carbonyl (C=O) groups excluding carboxylic acids is 1. The van der Waals surface area contributed by atoms with E-state index in [1.807, 2.05) is 0 Å². The molecule has 0 aliphatic carbocycles. The van der Waals surface area contributed by atoms with Gasteiger partial charge in [-0.25, -0.2) is 13.2 Å². The number of methoxy groups -OCH3 is 1. The predicted molar refractivity (Wildman–Crippen MR) is 83.7 cm³/mol. The van der Waals surface area contributed by atoms with Crippen LogP contribution in [0.3, 0.4) is 0 Å². The van der Waals surface area contributed by atoms with Gasteiger partial charge in [0.05, 0.1) is 17.6 Å². The van der Waals surface area contributed by atoms with Crippen molar-refractivity contribution in [2.24, 2.45) is 5.92 Å². The fourth-order valence-electron chi connectivity index (χ4n) is 2.16. The van der Waals surface area contributed by atoms with Crippen molar-refractivity contribution in [2.45, 2.75) is 38.1 Å². The molecule has 0 aliphatic rings. The molecule has 1 atom stereocenters. The molecule has 0 unspecified atom stereocenters. The first kappa shape index (κ1) is 19.1. The minimum absolute atomic E-state index is 0.00120. The minimum atomic E-state index is -4.08. The van der Waals surface area contributed by atoms with E-state index in [0.717, 1.165) is 0 Å². The largest absolute Gasteiger partial charge is 0.480 e. The minimum Gasteiger partial charge on any atom is -0.480 e. The third-order valence-corrected chi connectivity index (χ3v) is 4.90. The van der Waals surface area contributed by atoms with Gasteiger partial charge in [-0.3, -0.25) is 4.79 Å². The van der Waals surface area contributed by atoms with Crippen LogP contribution in [0.5, 0.6) is 0 Å². The van der Waals surface area contributed by atoms with Crippen LogP contribution in [-0.4, -0.2) is 38.6 Å². The number of aliphatic carboxylic acids is 1. The van der Waals surface area contributed by atoms with Crippen LogP contribution < -0.4 is 4.72 Å². The number of ether oxygens (including phenoxy) is 1. The molecule has 0 saturated carbocycles. The summed E-state index contributed by atoms with van der Waals surface area (Å²) in [6.07, 6.45) is 0.157. The van der Waals surface area contributed by atoms with E-state index in [-0.39, 0.29) is 28.4 Å². The number of carboxylic acid groups (broad SMARTS) is 1. The number of rotatable bonds is 7. The lowest BCUT2D eigenvalue weighted by atomic mass is 10.1. The second-order valence-corrected chi connectivity index (χ2v) is 7.24. The molecule has 0 aliphatic heterocycles. The maximum absolute atomic E-state index is 12.5. The van der Waals surface area contributed by atoms with Crippen molar-refractivity contribution in [1.82, 2.24) is 4.72 Å². The van der Waals surface area contributed by atoms with Gasteiger partial charge >= 0.3 is 11.9 Å². The van der Waals surface area contributed by atoms with E-state index in [0.29, 0.717) is 0 Å². The maximum atomic E-state index is 12.5. The third kappa shape index (κ3) is 4.77. The van der Waals surface area contributed by atoms with Crippen LogP contribution in [0, 0.1) is 12.8 Å². The first-order chi connectivity index (χ1) is 10.6. The Bertz CT molecular complexity index is 696. The number of esters is 1. The summed E-state index contributed by atoms with van der Waals surface area (Å²) < 4.78 is 31.8. The highest BCUT2D eigenvalue weighted by atomic mass is 32.2. The van der Waals surface area contributed by atoms with Gasteiger partial charge in [0.2, 0.25) is 10.0 Å². The molecule has 0 spiro atoms. The zero-order chi connectivity index (χ0) is 17.8. The molecule has 1 aromatic rings. The SMILES string of the molecule is COC(=O)c1cccc(S(=O)(=O)N[C@@H](CC(C)C)C(=O)O)c1C. The van der Waals surface area contributed by atoms with Gasteiger partial charge in [-0.15, -0.1) is 0 Å². The highest BCUT2D eigenvalue weighted by Crippen LogP contribution is 2.20. The molecule has 0 aromatic heterocycles. The van der Waals surface area contributed by atoms with Crippen LogP contribution in [0.1, 0.15) is 36.2 Å². The summed E-state index contributed by atoms with van der Waals surface area (Å²) in [7, 11) is -2.88. The highest BCUT2D eigenvalue weighted by molar-refractivity contribution is 7.89. The van der Waals surface area contributed by atoms with Gasteiger partial charge in [-0.1, -0.05) is 19.9 Å². The molecule has 8 heteroatoms. The summed E-state index contributed by atoms with van der Waals surface area (Å²) in [5.74, 6) is -1.90. The Hall–Kier alpha value is -1.93. The molecule has 0 bridgehead atoms. The second kappa shape index (κ2) is 7.56. The summed E-state index contributed by atoms with van der Waals surface area (Å²) in [6.45, 7) is 5.07. The fourth-order valence-corrected chi connectivity index (χ4v) is 3.63. The van der Waals surface area contributed by atoms with E-state index in [1.54, 1.807) is 13.8 Å². The van der Waals surface area contributed by atoms with E-state index in [4.69, 9.17) is 0 Å². The Morgan fingerprint density at radius 3 is 2.39 bits per heavy atom. The van der Waals surface area contributed by atoms with Gasteiger partial charge in [-0.2, -0.15) is 4.72 Å². The van der Waals surface area contributed by atoms with Crippen molar-refractivity contribution in [3.05, 3.63) is 29.3 Å². The smallest absolute Gasteiger partial charge is 0.338 e. The number of nitrogens with one attached hydrogen (secondary N) is 1. The van der Waals surface area contributed by atoms with E-state index in [1.165, 1.54) is 32.2 Å². The lowest BCUT2D eigenvalue weighted by molar-refractivity contribution is -0.139. The lowest BCUT2D eigenvalue weighted by Gasteiger charge is -2.18. The van der Waals surface area contributed by atoms with E-state index < -0.39 is 28.0 Å². The van der Waals surface area contributed by atoms with E-state index in [2.05, 4.69) is 9.46 Å². The molecule has 1 aromatic carbocycles. The van der Waals surface area contributed by atoms with Gasteiger partial charge in [0.25, 0.3) is 0 Å². The Morgan fingerprint density at radius 1 is 1.30 bits per heavy atom. The molecular formula is C15H21NO6S. The summed E-state index contributed by atoms with van der Waals surface area (Å²) in [6, 6.07) is 2.94. The van der Waals surface area contributed by atoms with Crippen molar-refractivity contribution in [2.75, 3.05) is 7.11 Å². The zero-order valence-electron chi connectivity index (χ0n) is 13.5. The maximum Gasteiger partial charge on any atom is 0.338 e. The van der Waals surface area contributed by atoms with Crippen molar-refractivity contribution in [1.29, 1.82) is 0 Å². The van der Waals surface area contributed by atoms with Gasteiger partial charge in [0.1, 0.15) is 6.04 Å². The molecule has 0 fully saturated rings. The average molecular weight is 343 g/mol. The summed E-state index contributed by atoms with van der Waals surface area (Å²) in [5, 5.41) is 9.18. The number of hydrogen-bond donors (Lipinski definition) is 2. The Kier molecular flexibility index (Phi) is 6.28. The van der Waals surface area contributed by atoms with Crippen molar-refractivity contribution in [3.8, 4) is 0 Å². The summed E-state index contributed by atoms with van der Waals surface area (Å²) in [5.41, 5.74) is 0.326. The summed E-state index contributed by atoms with van der Waals surface area (Å²) in [4.78, 5) is 22.8. The molecule has 0 heterocycles. The molecule has 23 heavy (non-hydrogen) atoms. The second-order valence-electron chi connectivity index (χ2n) is 5.56. The molecule has 0 saturated heterocycles. The van der Waals surface area contributed by atoms with E-state index >= 15 is 0 Å². The fraction of sp³-hybridized carbons (Fsp3) is 0.467. The summed E-state index contributed by atoms with van der Waals surface area (Å²) >= 11 is 0. The van der Waals surface area contributed by atoms with Gasteiger partial charge in [-0.05, 0) is 37.0 Å². The highest BCUT2D eigenvalue weighted by Gasteiger charge is 2.28. The van der Waals surface area contributed by atoms with Crippen LogP contribution in [0.4, 0.5) is 0 Å². The molecule has 2 N–H and O–H groups in total. The first-order valence-corrected chi connectivity index (χ1v) is 8.51. The van der Waals surface area contributed by atoms with Crippen molar-refractivity contribution in [3.63, 3.8) is 0 Å². The molecule has 7 nitrogen and oxygen atoms in total. The molecule has 0 radical (unpaired) electrons. The molecule has 128 valence electrons. The average Bonchev–Trinajstić information content (AvgIpc) is 2.45. The monoisotopic (exact) mass is 343 g/mol. The van der Waals surface area contributed by atoms with Crippen LogP contribution in [0.2, 0.25) is 0 Å². The van der Waals surface area contributed by atoms with Crippen LogP contribution in [-0.2, 0) is 19.6 Å².